The largest absolute Gasteiger partial charge is 0.491 e. The van der Waals surface area contributed by atoms with E-state index in [1.165, 1.54) is 5.56 Å². The molecule has 0 fully saturated rings. The maximum absolute atomic E-state index is 6.13. The number of hydrogen-bond acceptors (Lipinski definition) is 3. The number of nitrogens with two attached hydrogens (primary N) is 1. The summed E-state index contributed by atoms with van der Waals surface area (Å²) in [5.41, 5.74) is 9.90. The molecule has 0 radical (unpaired) electrons. The number of nitrogens with one attached hydrogen (secondary N) is 1. The summed E-state index contributed by atoms with van der Waals surface area (Å²) < 4.78 is 5.63. The zero-order valence-corrected chi connectivity index (χ0v) is 11.4. The number of anilines is 3. The molecule has 19 heavy (non-hydrogen) atoms. The van der Waals surface area contributed by atoms with Crippen molar-refractivity contribution < 1.29 is 4.74 Å². The van der Waals surface area contributed by atoms with Crippen LogP contribution in [0.1, 0.15) is 18.9 Å². The van der Waals surface area contributed by atoms with Gasteiger partial charge in [-0.25, -0.2) is 0 Å². The van der Waals surface area contributed by atoms with E-state index in [9.17, 15) is 0 Å². The number of benzene rings is 2. The topological polar surface area (TPSA) is 47.3 Å². The summed E-state index contributed by atoms with van der Waals surface area (Å²) in [6, 6.07) is 13.9. The van der Waals surface area contributed by atoms with Crippen LogP contribution in [0, 0.1) is 6.92 Å². The molecule has 0 aliphatic rings. The summed E-state index contributed by atoms with van der Waals surface area (Å²) in [6.45, 7) is 4.82. The average Bonchev–Trinajstić information content (AvgIpc) is 2.42. The molecule has 2 rings (SSSR count). The van der Waals surface area contributed by atoms with Gasteiger partial charge in [-0.2, -0.15) is 0 Å². The van der Waals surface area contributed by atoms with Crippen LogP contribution in [0.3, 0.4) is 0 Å². The third-order valence-corrected chi connectivity index (χ3v) is 2.94. The van der Waals surface area contributed by atoms with E-state index in [0.29, 0.717) is 12.3 Å². The summed E-state index contributed by atoms with van der Waals surface area (Å²) >= 11 is 0. The molecule has 100 valence electrons. The van der Waals surface area contributed by atoms with Crippen molar-refractivity contribution in [3.8, 4) is 5.75 Å². The molecule has 0 atom stereocenters. The van der Waals surface area contributed by atoms with Crippen molar-refractivity contribution in [2.75, 3.05) is 17.7 Å². The van der Waals surface area contributed by atoms with Gasteiger partial charge in [-0.15, -0.1) is 0 Å². The number of rotatable bonds is 5. The standard InChI is InChI=1S/C16H20N2O/c1-3-11-19-15-10-6-9-14(16(15)17)18-13-8-5-4-7-12(13)2/h4-10,18H,3,11,17H2,1-2H3. The Morgan fingerprint density at radius 2 is 1.79 bits per heavy atom. The van der Waals surface area contributed by atoms with Crippen LogP contribution < -0.4 is 15.8 Å². The summed E-state index contributed by atoms with van der Waals surface area (Å²) in [5.74, 6) is 0.737. The lowest BCUT2D eigenvalue weighted by Crippen LogP contribution is -2.02. The van der Waals surface area contributed by atoms with Gasteiger partial charge in [0.15, 0.2) is 0 Å². The summed E-state index contributed by atoms with van der Waals surface area (Å²) in [5, 5.41) is 3.35. The Morgan fingerprint density at radius 3 is 2.53 bits per heavy atom. The second-order valence-corrected chi connectivity index (χ2v) is 4.51. The smallest absolute Gasteiger partial charge is 0.144 e. The Labute approximate surface area is 114 Å². The van der Waals surface area contributed by atoms with Gasteiger partial charge in [-0.1, -0.05) is 31.2 Å². The quantitative estimate of drug-likeness (QED) is 0.791. The molecular weight excluding hydrogens is 236 g/mol. The minimum Gasteiger partial charge on any atom is -0.491 e. The number of ether oxygens (including phenoxy) is 1. The highest BCUT2D eigenvalue weighted by atomic mass is 16.5. The summed E-state index contributed by atoms with van der Waals surface area (Å²) in [4.78, 5) is 0. The molecule has 0 bridgehead atoms. The third kappa shape index (κ3) is 3.19. The lowest BCUT2D eigenvalue weighted by atomic mass is 10.2. The van der Waals surface area contributed by atoms with Crippen LogP contribution in [-0.2, 0) is 0 Å². The van der Waals surface area contributed by atoms with Crippen LogP contribution in [0.25, 0.3) is 0 Å². The first kappa shape index (κ1) is 13.3. The van der Waals surface area contributed by atoms with E-state index in [0.717, 1.165) is 23.5 Å². The summed E-state index contributed by atoms with van der Waals surface area (Å²) in [6.07, 6.45) is 0.967. The van der Waals surface area contributed by atoms with Crippen molar-refractivity contribution in [3.05, 3.63) is 48.0 Å². The average molecular weight is 256 g/mol. The molecular formula is C16H20N2O. The Bertz CT molecular complexity index is 552. The predicted molar refractivity (Wildman–Crippen MR) is 81.1 cm³/mol. The van der Waals surface area contributed by atoms with Crippen LogP contribution >= 0.6 is 0 Å². The lowest BCUT2D eigenvalue weighted by Gasteiger charge is -2.14. The normalized spacial score (nSPS) is 10.2. The maximum Gasteiger partial charge on any atom is 0.144 e. The van der Waals surface area contributed by atoms with Gasteiger partial charge in [0.2, 0.25) is 0 Å². The molecule has 3 nitrogen and oxygen atoms in total. The molecule has 3 N–H and O–H groups in total. The number of hydrogen-bond donors (Lipinski definition) is 2. The number of para-hydroxylation sites is 2. The molecule has 0 heterocycles. The summed E-state index contributed by atoms with van der Waals surface area (Å²) in [7, 11) is 0. The van der Waals surface area contributed by atoms with Crippen LogP contribution in [0.4, 0.5) is 17.1 Å². The Kier molecular flexibility index (Phi) is 4.29. The molecule has 0 saturated heterocycles. The van der Waals surface area contributed by atoms with Gasteiger partial charge < -0.3 is 15.8 Å². The zero-order chi connectivity index (χ0) is 13.7. The molecule has 0 aromatic heterocycles. The fourth-order valence-corrected chi connectivity index (χ4v) is 1.85. The first-order valence-electron chi connectivity index (χ1n) is 6.56. The Morgan fingerprint density at radius 1 is 1.05 bits per heavy atom. The molecule has 0 aliphatic heterocycles. The van der Waals surface area contributed by atoms with Crippen molar-refractivity contribution in [1.29, 1.82) is 0 Å². The highest BCUT2D eigenvalue weighted by molar-refractivity contribution is 5.78. The van der Waals surface area contributed by atoms with Crippen molar-refractivity contribution in [1.82, 2.24) is 0 Å². The van der Waals surface area contributed by atoms with Crippen molar-refractivity contribution in [2.45, 2.75) is 20.3 Å². The van der Waals surface area contributed by atoms with Gasteiger partial charge in [0.1, 0.15) is 5.75 Å². The van der Waals surface area contributed by atoms with Crippen LogP contribution in [-0.4, -0.2) is 6.61 Å². The molecule has 0 amide bonds. The minimum absolute atomic E-state index is 0.652. The monoisotopic (exact) mass is 256 g/mol. The van der Waals surface area contributed by atoms with E-state index in [2.05, 4.69) is 25.2 Å². The number of aryl methyl sites for hydroxylation is 1. The van der Waals surface area contributed by atoms with Gasteiger partial charge in [-0.3, -0.25) is 0 Å². The molecule has 2 aromatic rings. The van der Waals surface area contributed by atoms with Crippen molar-refractivity contribution in [3.63, 3.8) is 0 Å². The molecule has 0 unspecified atom stereocenters. The first-order valence-corrected chi connectivity index (χ1v) is 6.56. The molecule has 0 saturated carbocycles. The Hall–Kier alpha value is -2.16. The van der Waals surface area contributed by atoms with Crippen LogP contribution in [0.5, 0.6) is 5.75 Å². The Balaban J connectivity index is 2.23. The molecule has 0 spiro atoms. The lowest BCUT2D eigenvalue weighted by molar-refractivity contribution is 0.319. The van der Waals surface area contributed by atoms with E-state index < -0.39 is 0 Å². The second-order valence-electron chi connectivity index (χ2n) is 4.51. The van der Waals surface area contributed by atoms with Gasteiger partial charge in [0, 0.05) is 5.69 Å². The number of nitrogen functional groups attached to an aromatic ring is 1. The van der Waals surface area contributed by atoms with E-state index in [1.54, 1.807) is 0 Å². The highest BCUT2D eigenvalue weighted by Crippen LogP contribution is 2.32. The first-order chi connectivity index (χ1) is 9.22. The fraction of sp³-hybridized carbons (Fsp3) is 0.250. The maximum atomic E-state index is 6.13. The van der Waals surface area contributed by atoms with Crippen molar-refractivity contribution >= 4 is 17.1 Å². The molecule has 0 aliphatic carbocycles. The molecule has 3 heteroatoms. The third-order valence-electron chi connectivity index (χ3n) is 2.94. The van der Waals surface area contributed by atoms with Crippen LogP contribution in [0.15, 0.2) is 42.5 Å². The highest BCUT2D eigenvalue weighted by Gasteiger charge is 2.06. The SMILES string of the molecule is CCCOc1cccc(Nc2ccccc2C)c1N. The van der Waals surface area contributed by atoms with Crippen molar-refractivity contribution in [2.24, 2.45) is 0 Å². The molecule has 2 aromatic carbocycles. The minimum atomic E-state index is 0.652. The van der Waals surface area contributed by atoms with E-state index in [1.807, 2.05) is 36.4 Å². The van der Waals surface area contributed by atoms with Gasteiger partial charge in [0.25, 0.3) is 0 Å². The van der Waals surface area contributed by atoms with Gasteiger partial charge >= 0.3 is 0 Å². The second kappa shape index (κ2) is 6.14. The van der Waals surface area contributed by atoms with E-state index >= 15 is 0 Å². The zero-order valence-electron chi connectivity index (χ0n) is 11.4. The van der Waals surface area contributed by atoms with Gasteiger partial charge in [0.05, 0.1) is 18.0 Å². The van der Waals surface area contributed by atoms with E-state index in [4.69, 9.17) is 10.5 Å². The fourth-order valence-electron chi connectivity index (χ4n) is 1.85. The van der Waals surface area contributed by atoms with Gasteiger partial charge in [-0.05, 0) is 37.1 Å². The van der Waals surface area contributed by atoms with E-state index in [-0.39, 0.29) is 0 Å². The predicted octanol–water partition coefficient (Wildman–Crippen LogP) is 4.11. The van der Waals surface area contributed by atoms with Crippen LogP contribution in [0.2, 0.25) is 0 Å².